The molecule has 0 aromatic heterocycles. The quantitative estimate of drug-likeness (QED) is 0.513. The predicted molar refractivity (Wildman–Crippen MR) is 114 cm³/mol. The lowest BCUT2D eigenvalue weighted by Crippen LogP contribution is -2.51. The van der Waals surface area contributed by atoms with Crippen LogP contribution in [0, 0.1) is 5.82 Å². The van der Waals surface area contributed by atoms with Gasteiger partial charge in [-0.2, -0.15) is 0 Å². The molecule has 1 heterocycles. The topological polar surface area (TPSA) is 69.1 Å². The number of rotatable bonds is 6. The van der Waals surface area contributed by atoms with Crippen LogP contribution in [0.3, 0.4) is 0 Å². The summed E-state index contributed by atoms with van der Waals surface area (Å²) in [6, 6.07) is 12.3. The fourth-order valence-electron chi connectivity index (χ4n) is 3.54. The third-order valence-electron chi connectivity index (χ3n) is 4.99. The Morgan fingerprint density at radius 3 is 2.90 bits per heavy atom. The van der Waals surface area contributed by atoms with Gasteiger partial charge in [0.15, 0.2) is 17.5 Å². The maximum atomic E-state index is 13.6. The van der Waals surface area contributed by atoms with Crippen LogP contribution >= 0.6 is 0 Å². The summed E-state index contributed by atoms with van der Waals surface area (Å²) in [5.41, 5.74) is 1.60. The molecule has 3 rings (SSSR count). The molecule has 6 nitrogen and oxygen atoms in total. The van der Waals surface area contributed by atoms with Crippen LogP contribution in [-0.2, 0) is 6.54 Å². The van der Waals surface area contributed by atoms with Crippen molar-refractivity contribution in [1.29, 1.82) is 0 Å². The predicted octanol–water partition coefficient (Wildman–Crippen LogP) is 3.26. The molecule has 3 N–H and O–H groups in total. The summed E-state index contributed by atoms with van der Waals surface area (Å²) in [5, 5.41) is 17.0. The zero-order chi connectivity index (χ0) is 20.6. The lowest BCUT2D eigenvalue weighted by molar-refractivity contribution is 0.370. The molecule has 0 bridgehead atoms. The summed E-state index contributed by atoms with van der Waals surface area (Å²) >= 11 is 0. The van der Waals surface area contributed by atoms with E-state index >= 15 is 0 Å². The highest BCUT2D eigenvalue weighted by atomic mass is 19.1. The molecule has 2 aromatic carbocycles. The number of phenols is 1. The van der Waals surface area contributed by atoms with Crippen molar-refractivity contribution in [2.24, 2.45) is 4.99 Å². The average Bonchev–Trinajstić information content (AvgIpc) is 2.73. The maximum Gasteiger partial charge on any atom is 0.191 e. The molecule has 1 aliphatic rings. The number of anilines is 1. The van der Waals surface area contributed by atoms with Gasteiger partial charge in [-0.1, -0.05) is 18.2 Å². The Balaban J connectivity index is 1.67. The molecule has 0 amide bonds. The lowest BCUT2D eigenvalue weighted by Gasteiger charge is -2.35. The van der Waals surface area contributed by atoms with E-state index in [9.17, 15) is 9.50 Å². The number of benzene rings is 2. The summed E-state index contributed by atoms with van der Waals surface area (Å²) in [4.78, 5) is 6.82. The molecule has 7 heteroatoms. The number of hydrogen-bond donors (Lipinski definition) is 3. The van der Waals surface area contributed by atoms with E-state index < -0.39 is 0 Å². The molecule has 0 saturated carbocycles. The van der Waals surface area contributed by atoms with Crippen molar-refractivity contribution in [3.63, 3.8) is 0 Å². The van der Waals surface area contributed by atoms with Crippen LogP contribution in [0.4, 0.5) is 10.1 Å². The van der Waals surface area contributed by atoms with Crippen molar-refractivity contribution in [3.8, 4) is 11.5 Å². The number of guanidine groups is 1. The van der Waals surface area contributed by atoms with Crippen LogP contribution in [0.5, 0.6) is 11.5 Å². The first kappa shape index (κ1) is 20.8. The number of halogens is 1. The Bertz CT molecular complexity index is 843. The van der Waals surface area contributed by atoms with Crippen LogP contribution in [0.1, 0.15) is 25.3 Å². The molecule has 1 atom stereocenters. The standard InChI is InChI=1S/C22H29FN4O2/c1-3-24-22(25-14-16-7-4-11-20(29-2)21(16)28)26-18-9-6-12-27(15-18)19-10-5-8-17(23)13-19/h4-5,7-8,10-11,13,18,28H,3,6,9,12,14-15H2,1-2H3,(H2,24,25,26). The molecule has 0 radical (unpaired) electrons. The number of methoxy groups -OCH3 is 1. The smallest absolute Gasteiger partial charge is 0.191 e. The van der Waals surface area contributed by atoms with Gasteiger partial charge >= 0.3 is 0 Å². The Labute approximate surface area is 171 Å². The van der Waals surface area contributed by atoms with E-state index in [0.29, 0.717) is 23.8 Å². The lowest BCUT2D eigenvalue weighted by atomic mass is 10.0. The van der Waals surface area contributed by atoms with Crippen LogP contribution in [0.15, 0.2) is 47.5 Å². The van der Waals surface area contributed by atoms with Gasteiger partial charge in [0, 0.05) is 36.9 Å². The van der Waals surface area contributed by atoms with Crippen LogP contribution in [-0.4, -0.2) is 43.9 Å². The van der Waals surface area contributed by atoms with E-state index in [4.69, 9.17) is 4.74 Å². The van der Waals surface area contributed by atoms with Crippen molar-refractivity contribution >= 4 is 11.6 Å². The second-order valence-electron chi connectivity index (χ2n) is 7.07. The molecule has 1 saturated heterocycles. The third-order valence-corrected chi connectivity index (χ3v) is 4.99. The highest BCUT2D eigenvalue weighted by molar-refractivity contribution is 5.80. The summed E-state index contributed by atoms with van der Waals surface area (Å²) in [5.74, 6) is 1.03. The number of aliphatic imine (C=N–C) groups is 1. The van der Waals surface area contributed by atoms with Gasteiger partial charge < -0.3 is 25.4 Å². The average molecular weight is 400 g/mol. The van der Waals surface area contributed by atoms with Crippen molar-refractivity contribution < 1.29 is 14.2 Å². The minimum Gasteiger partial charge on any atom is -0.504 e. The van der Waals surface area contributed by atoms with Gasteiger partial charge in [-0.15, -0.1) is 0 Å². The summed E-state index contributed by atoms with van der Waals surface area (Å²) in [6.45, 7) is 4.76. The van der Waals surface area contributed by atoms with Gasteiger partial charge in [-0.3, -0.25) is 0 Å². The third kappa shape index (κ3) is 5.53. The first-order valence-electron chi connectivity index (χ1n) is 10.0. The van der Waals surface area contributed by atoms with E-state index in [0.717, 1.165) is 38.2 Å². The van der Waals surface area contributed by atoms with Gasteiger partial charge in [0.1, 0.15) is 5.82 Å². The molecular weight excluding hydrogens is 371 g/mol. The largest absolute Gasteiger partial charge is 0.504 e. The molecule has 0 aliphatic carbocycles. The summed E-state index contributed by atoms with van der Waals surface area (Å²) in [7, 11) is 1.53. The number of piperidine rings is 1. The second-order valence-corrected chi connectivity index (χ2v) is 7.07. The Hall–Kier alpha value is -2.96. The summed E-state index contributed by atoms with van der Waals surface area (Å²) < 4.78 is 18.7. The maximum absolute atomic E-state index is 13.6. The van der Waals surface area contributed by atoms with E-state index in [1.165, 1.54) is 13.2 Å². The monoisotopic (exact) mass is 400 g/mol. The molecule has 1 unspecified atom stereocenters. The zero-order valence-corrected chi connectivity index (χ0v) is 17.0. The minimum absolute atomic E-state index is 0.115. The number of nitrogens with zero attached hydrogens (tertiary/aromatic N) is 2. The zero-order valence-electron chi connectivity index (χ0n) is 17.0. The highest BCUT2D eigenvalue weighted by Gasteiger charge is 2.21. The molecule has 0 spiro atoms. The van der Waals surface area contributed by atoms with Gasteiger partial charge in [0.25, 0.3) is 0 Å². The number of hydrogen-bond acceptors (Lipinski definition) is 4. The number of ether oxygens (including phenoxy) is 1. The number of para-hydroxylation sites is 1. The molecule has 29 heavy (non-hydrogen) atoms. The number of phenolic OH excluding ortho intramolecular Hbond substituents is 1. The van der Waals surface area contributed by atoms with E-state index in [1.807, 2.05) is 25.1 Å². The fourth-order valence-corrected chi connectivity index (χ4v) is 3.54. The first-order valence-corrected chi connectivity index (χ1v) is 10.0. The number of aromatic hydroxyl groups is 1. The van der Waals surface area contributed by atoms with Crippen molar-refractivity contribution in [1.82, 2.24) is 10.6 Å². The van der Waals surface area contributed by atoms with Gasteiger partial charge in [-0.05, 0) is 44.0 Å². The first-order chi connectivity index (χ1) is 14.1. The van der Waals surface area contributed by atoms with Crippen LogP contribution < -0.4 is 20.3 Å². The Morgan fingerprint density at radius 1 is 1.31 bits per heavy atom. The van der Waals surface area contributed by atoms with Crippen molar-refractivity contribution in [3.05, 3.63) is 53.8 Å². The fraction of sp³-hybridized carbons (Fsp3) is 0.409. The van der Waals surface area contributed by atoms with Gasteiger partial charge in [0.05, 0.1) is 13.7 Å². The van der Waals surface area contributed by atoms with Crippen molar-refractivity contribution in [2.75, 3.05) is 31.6 Å². The summed E-state index contributed by atoms with van der Waals surface area (Å²) in [6.07, 6.45) is 2.03. The number of nitrogens with one attached hydrogen (secondary N) is 2. The van der Waals surface area contributed by atoms with E-state index in [2.05, 4.69) is 20.5 Å². The van der Waals surface area contributed by atoms with Crippen LogP contribution in [0.25, 0.3) is 0 Å². The SMILES string of the molecule is CCNC(=NCc1cccc(OC)c1O)NC1CCCN(c2cccc(F)c2)C1. The van der Waals surface area contributed by atoms with Gasteiger partial charge in [0.2, 0.25) is 0 Å². The molecule has 1 fully saturated rings. The minimum atomic E-state index is -0.217. The van der Waals surface area contributed by atoms with Crippen molar-refractivity contribution in [2.45, 2.75) is 32.4 Å². The van der Waals surface area contributed by atoms with E-state index in [1.54, 1.807) is 18.2 Å². The second kappa shape index (κ2) is 10.0. The van der Waals surface area contributed by atoms with E-state index in [-0.39, 0.29) is 17.6 Å². The molecular formula is C22H29FN4O2. The van der Waals surface area contributed by atoms with Gasteiger partial charge in [-0.25, -0.2) is 9.38 Å². The Morgan fingerprint density at radius 2 is 2.14 bits per heavy atom. The molecule has 2 aromatic rings. The molecule has 156 valence electrons. The normalized spacial score (nSPS) is 17.1. The highest BCUT2D eigenvalue weighted by Crippen LogP contribution is 2.29. The molecule has 1 aliphatic heterocycles. The van der Waals surface area contributed by atoms with Crippen LogP contribution in [0.2, 0.25) is 0 Å². The Kier molecular flexibility index (Phi) is 7.16.